The predicted molar refractivity (Wildman–Crippen MR) is 39.5 cm³/mol. The Bertz CT molecular complexity index is 185. The molecule has 0 heterocycles. The van der Waals surface area contributed by atoms with Crippen LogP contribution in [-0.2, 0) is 4.74 Å². The summed E-state index contributed by atoms with van der Waals surface area (Å²) in [5.74, 6) is -2.25. The van der Waals surface area contributed by atoms with Gasteiger partial charge in [-0.15, -0.1) is 0 Å². The van der Waals surface area contributed by atoms with E-state index in [2.05, 4.69) is 11.3 Å². The minimum atomic E-state index is -4.26. The molecule has 0 fully saturated rings. The zero-order valence-corrected chi connectivity index (χ0v) is 7.24. The van der Waals surface area contributed by atoms with Crippen molar-refractivity contribution >= 4 is 22.6 Å². The van der Waals surface area contributed by atoms with E-state index >= 15 is 0 Å². The summed E-state index contributed by atoms with van der Waals surface area (Å²) in [6.07, 6.45) is -3.92. The van der Waals surface area contributed by atoms with Crippen LogP contribution in [0.15, 0.2) is 22.5 Å². The molecule has 64 valence electrons. The van der Waals surface area contributed by atoms with E-state index in [0.717, 1.165) is 22.6 Å². The molecule has 0 spiro atoms. The lowest BCUT2D eigenvalue weighted by atomic mass is 10.5. The van der Waals surface area contributed by atoms with Crippen molar-refractivity contribution in [1.29, 1.82) is 0 Å². The second-order valence-corrected chi connectivity index (χ2v) is 2.32. The van der Waals surface area contributed by atoms with E-state index in [4.69, 9.17) is 0 Å². The average Bonchev–Trinajstić information content (AvgIpc) is 1.86. The minimum absolute atomic E-state index is 0.332. The lowest BCUT2D eigenvalue weighted by Gasteiger charge is -2.11. The largest absolute Gasteiger partial charge is 0.456 e. The zero-order chi connectivity index (χ0) is 9.07. The molecule has 0 bridgehead atoms. The predicted octanol–water partition coefficient (Wildman–Crippen LogP) is 3.28. The first-order valence-corrected chi connectivity index (χ1v) is 3.37. The van der Waals surface area contributed by atoms with Crippen molar-refractivity contribution < 1.29 is 22.3 Å². The highest BCUT2D eigenvalue weighted by atomic mass is 127. The van der Waals surface area contributed by atoms with E-state index in [9.17, 15) is 17.6 Å². The van der Waals surface area contributed by atoms with Gasteiger partial charge >= 0.3 is 6.11 Å². The summed E-state index contributed by atoms with van der Waals surface area (Å²) in [6, 6.07) is 0. The maximum atomic E-state index is 12.1. The minimum Gasteiger partial charge on any atom is -0.436 e. The summed E-state index contributed by atoms with van der Waals surface area (Å²) in [5.41, 5.74) is 0. The Kier molecular flexibility index (Phi) is 3.84. The molecule has 0 aliphatic rings. The first kappa shape index (κ1) is 10.7. The summed E-state index contributed by atoms with van der Waals surface area (Å²) in [6.45, 7) is 2.77. The van der Waals surface area contributed by atoms with Crippen LogP contribution in [0.4, 0.5) is 17.6 Å². The van der Waals surface area contributed by atoms with E-state index in [1.54, 1.807) is 0 Å². The van der Waals surface area contributed by atoms with Crippen LogP contribution < -0.4 is 0 Å². The van der Waals surface area contributed by atoms with Gasteiger partial charge in [0.25, 0.3) is 5.83 Å². The fraction of sp³-hybridized carbons (Fsp3) is 0.200. The lowest BCUT2D eigenvalue weighted by Crippen LogP contribution is -2.18. The molecule has 0 amide bonds. The van der Waals surface area contributed by atoms with Gasteiger partial charge in [-0.1, -0.05) is 6.58 Å². The van der Waals surface area contributed by atoms with Crippen molar-refractivity contribution in [3.8, 4) is 0 Å². The Morgan fingerprint density at radius 3 is 2.18 bits per heavy atom. The monoisotopic (exact) mass is 282 g/mol. The van der Waals surface area contributed by atoms with Gasteiger partial charge in [-0.2, -0.15) is 17.6 Å². The topological polar surface area (TPSA) is 9.23 Å². The molecule has 1 nitrogen and oxygen atoms in total. The molecule has 0 saturated heterocycles. The number of halogens is 5. The fourth-order valence-electron chi connectivity index (χ4n) is 0.266. The van der Waals surface area contributed by atoms with E-state index < -0.39 is 15.8 Å². The van der Waals surface area contributed by atoms with E-state index in [-0.39, 0.29) is 0 Å². The fourth-order valence-corrected chi connectivity index (χ4v) is 0.580. The molecular formula is C5H3F4IO. The maximum Gasteiger partial charge on any atom is 0.456 e. The molecule has 0 aliphatic carbocycles. The molecule has 0 aromatic carbocycles. The highest BCUT2D eigenvalue weighted by Crippen LogP contribution is 2.32. The Balaban J connectivity index is 4.54. The number of alkyl halides is 2. The van der Waals surface area contributed by atoms with Gasteiger partial charge in [0.05, 0.1) is 6.26 Å². The number of rotatable bonds is 3. The van der Waals surface area contributed by atoms with Crippen molar-refractivity contribution in [2.24, 2.45) is 0 Å². The summed E-state index contributed by atoms with van der Waals surface area (Å²) < 4.78 is 49.8. The highest BCUT2D eigenvalue weighted by Gasteiger charge is 2.39. The van der Waals surface area contributed by atoms with Crippen LogP contribution in [0, 0.1) is 0 Å². The average molecular weight is 282 g/mol. The Hall–Kier alpha value is -0.270. The van der Waals surface area contributed by atoms with Gasteiger partial charge in [0.1, 0.15) is 0 Å². The van der Waals surface area contributed by atoms with Crippen molar-refractivity contribution in [1.82, 2.24) is 0 Å². The van der Waals surface area contributed by atoms with Crippen molar-refractivity contribution in [2.45, 2.75) is 6.11 Å². The summed E-state index contributed by atoms with van der Waals surface area (Å²) in [5, 5.41) is 0. The van der Waals surface area contributed by atoms with Crippen molar-refractivity contribution in [2.75, 3.05) is 0 Å². The first-order chi connectivity index (χ1) is 4.91. The maximum absolute atomic E-state index is 12.1. The van der Waals surface area contributed by atoms with E-state index in [1.165, 1.54) is 0 Å². The second kappa shape index (κ2) is 3.93. The molecule has 0 radical (unpaired) electrons. The molecule has 6 heteroatoms. The summed E-state index contributed by atoms with van der Waals surface area (Å²) in [4.78, 5) is 0. The van der Waals surface area contributed by atoms with Crippen LogP contribution >= 0.6 is 22.6 Å². The van der Waals surface area contributed by atoms with Gasteiger partial charge < -0.3 is 4.74 Å². The smallest absolute Gasteiger partial charge is 0.436 e. The molecule has 0 aromatic rings. The van der Waals surface area contributed by atoms with Gasteiger partial charge in [-0.05, 0) is 22.6 Å². The van der Waals surface area contributed by atoms with Gasteiger partial charge in [0.2, 0.25) is 3.83 Å². The molecule has 0 saturated carbocycles. The van der Waals surface area contributed by atoms with Gasteiger partial charge in [0, 0.05) is 0 Å². The molecule has 0 N–H and O–H groups in total. The number of ether oxygens (including phenoxy) is 1. The first-order valence-electron chi connectivity index (χ1n) is 2.29. The Morgan fingerprint density at radius 1 is 1.45 bits per heavy atom. The molecule has 0 atom stereocenters. The second-order valence-electron chi connectivity index (χ2n) is 1.38. The highest BCUT2D eigenvalue weighted by molar-refractivity contribution is 14.1. The van der Waals surface area contributed by atoms with Crippen molar-refractivity contribution in [3.63, 3.8) is 0 Å². The standard InChI is InChI=1S/C5H3F4IO/c1-2-11-5(8,9)3(6)4(7)10/h2H,1H2. The molecule has 0 unspecified atom stereocenters. The lowest BCUT2D eigenvalue weighted by molar-refractivity contribution is -0.185. The van der Waals surface area contributed by atoms with E-state index in [0.29, 0.717) is 6.26 Å². The van der Waals surface area contributed by atoms with Crippen LogP contribution in [0.1, 0.15) is 0 Å². The normalized spacial score (nSPS) is 13.9. The van der Waals surface area contributed by atoms with Crippen LogP contribution in [0.2, 0.25) is 0 Å². The van der Waals surface area contributed by atoms with Crippen LogP contribution in [0.5, 0.6) is 0 Å². The third-order valence-electron chi connectivity index (χ3n) is 0.653. The Morgan fingerprint density at radius 2 is 1.91 bits per heavy atom. The number of hydrogen-bond donors (Lipinski definition) is 0. The molecular weight excluding hydrogens is 279 g/mol. The van der Waals surface area contributed by atoms with Crippen molar-refractivity contribution in [3.05, 3.63) is 22.5 Å². The Labute approximate surface area is 73.9 Å². The van der Waals surface area contributed by atoms with Gasteiger partial charge in [-0.25, -0.2) is 0 Å². The quantitative estimate of drug-likeness (QED) is 0.438. The zero-order valence-electron chi connectivity index (χ0n) is 5.08. The SMILES string of the molecule is C=COC(F)(F)C(F)=C(F)I. The van der Waals surface area contributed by atoms with Crippen LogP contribution in [0.25, 0.3) is 0 Å². The third kappa shape index (κ3) is 3.08. The number of hydrogen-bond acceptors (Lipinski definition) is 1. The van der Waals surface area contributed by atoms with E-state index in [1.807, 2.05) is 0 Å². The molecule has 0 rings (SSSR count). The molecule has 0 aromatic heterocycles. The third-order valence-corrected chi connectivity index (χ3v) is 1.13. The van der Waals surface area contributed by atoms with Gasteiger partial charge in [0.15, 0.2) is 0 Å². The molecule has 11 heavy (non-hydrogen) atoms. The molecule has 0 aliphatic heterocycles. The summed E-state index contributed by atoms with van der Waals surface area (Å²) >= 11 is 0.777. The van der Waals surface area contributed by atoms with Crippen LogP contribution in [-0.4, -0.2) is 6.11 Å². The van der Waals surface area contributed by atoms with Crippen LogP contribution in [0.3, 0.4) is 0 Å². The van der Waals surface area contributed by atoms with Gasteiger partial charge in [-0.3, -0.25) is 0 Å². The summed E-state index contributed by atoms with van der Waals surface area (Å²) in [7, 11) is 0.